The number of amides is 1. The Labute approximate surface area is 155 Å². The Morgan fingerprint density at radius 2 is 1.92 bits per heavy atom. The highest BCUT2D eigenvalue weighted by Gasteiger charge is 2.21. The maximum absolute atomic E-state index is 13.1. The lowest BCUT2D eigenvalue weighted by Gasteiger charge is -2.34. The van der Waals surface area contributed by atoms with Gasteiger partial charge in [0, 0.05) is 49.0 Å². The summed E-state index contributed by atoms with van der Waals surface area (Å²) >= 11 is 1.52. The second-order valence-electron chi connectivity index (χ2n) is 6.50. The van der Waals surface area contributed by atoms with Gasteiger partial charge >= 0.3 is 0 Å². The number of halogens is 1. The zero-order chi connectivity index (χ0) is 18.1. The van der Waals surface area contributed by atoms with Gasteiger partial charge in [0.05, 0.1) is 12.1 Å². The molecule has 1 fully saturated rings. The predicted molar refractivity (Wildman–Crippen MR) is 101 cm³/mol. The first-order valence-electron chi connectivity index (χ1n) is 8.85. The van der Waals surface area contributed by atoms with E-state index < -0.39 is 0 Å². The molecular formula is C19H21FN4OS. The topological polar surface area (TPSA) is 40.8 Å². The van der Waals surface area contributed by atoms with Crippen LogP contribution in [0.2, 0.25) is 0 Å². The molecule has 0 aliphatic carbocycles. The van der Waals surface area contributed by atoms with Crippen LogP contribution in [-0.4, -0.2) is 57.8 Å². The van der Waals surface area contributed by atoms with Gasteiger partial charge in [0.15, 0.2) is 4.96 Å². The Hall–Kier alpha value is -2.25. The van der Waals surface area contributed by atoms with Gasteiger partial charge in [-0.15, -0.1) is 11.3 Å². The average molecular weight is 372 g/mol. The minimum atomic E-state index is -0.260. The number of benzene rings is 1. The first kappa shape index (κ1) is 17.2. The van der Waals surface area contributed by atoms with Gasteiger partial charge in [0.1, 0.15) is 5.82 Å². The lowest BCUT2D eigenvalue weighted by atomic mass is 10.2. The number of carbonyl (C=O) groups excluding carboxylic acids is 1. The van der Waals surface area contributed by atoms with Crippen molar-refractivity contribution in [1.29, 1.82) is 0 Å². The fourth-order valence-electron chi connectivity index (χ4n) is 3.30. The van der Waals surface area contributed by atoms with Crippen LogP contribution < -0.4 is 0 Å². The van der Waals surface area contributed by atoms with Gasteiger partial charge in [-0.05, 0) is 30.8 Å². The van der Waals surface area contributed by atoms with Crippen molar-refractivity contribution in [3.05, 3.63) is 47.4 Å². The van der Waals surface area contributed by atoms with Gasteiger partial charge in [-0.2, -0.15) is 0 Å². The third kappa shape index (κ3) is 3.37. The summed E-state index contributed by atoms with van der Waals surface area (Å²) in [5.74, 6) is -0.0956. The SMILES string of the molecule is CCN1CCN(C(=O)Cc2csc3nc(-c4ccc(F)cc4)cn23)CC1. The zero-order valence-electron chi connectivity index (χ0n) is 14.7. The van der Waals surface area contributed by atoms with E-state index in [0.29, 0.717) is 6.42 Å². The van der Waals surface area contributed by atoms with Gasteiger partial charge < -0.3 is 9.80 Å². The molecule has 0 unspecified atom stereocenters. The van der Waals surface area contributed by atoms with Gasteiger partial charge in [-0.25, -0.2) is 9.37 Å². The predicted octanol–water partition coefficient (Wildman–Crippen LogP) is 2.91. The maximum Gasteiger partial charge on any atom is 0.228 e. The molecule has 3 aromatic rings. The number of likely N-dealkylation sites (N-methyl/N-ethyl adjacent to an activating group) is 1. The molecule has 4 rings (SSSR count). The lowest BCUT2D eigenvalue weighted by molar-refractivity contribution is -0.132. The fraction of sp³-hybridized carbons (Fsp3) is 0.368. The molecule has 1 aliphatic rings. The number of imidazole rings is 1. The van der Waals surface area contributed by atoms with E-state index in [-0.39, 0.29) is 11.7 Å². The van der Waals surface area contributed by atoms with E-state index in [0.717, 1.165) is 54.6 Å². The van der Waals surface area contributed by atoms with Crippen LogP contribution in [0.25, 0.3) is 16.2 Å². The minimum absolute atomic E-state index is 0.164. The summed E-state index contributed by atoms with van der Waals surface area (Å²) in [7, 11) is 0. The molecule has 26 heavy (non-hydrogen) atoms. The van der Waals surface area contributed by atoms with Gasteiger partial charge in [-0.1, -0.05) is 6.92 Å². The molecule has 7 heteroatoms. The first-order chi connectivity index (χ1) is 12.6. The van der Waals surface area contributed by atoms with Crippen molar-refractivity contribution < 1.29 is 9.18 Å². The van der Waals surface area contributed by atoms with E-state index >= 15 is 0 Å². The van der Waals surface area contributed by atoms with E-state index in [9.17, 15) is 9.18 Å². The van der Waals surface area contributed by atoms with Crippen LogP contribution in [0, 0.1) is 5.82 Å². The van der Waals surface area contributed by atoms with E-state index in [1.807, 2.05) is 20.9 Å². The quantitative estimate of drug-likeness (QED) is 0.707. The maximum atomic E-state index is 13.1. The molecule has 0 saturated carbocycles. The lowest BCUT2D eigenvalue weighted by Crippen LogP contribution is -2.48. The number of hydrogen-bond donors (Lipinski definition) is 0. The van der Waals surface area contributed by atoms with Crippen molar-refractivity contribution in [1.82, 2.24) is 19.2 Å². The molecule has 0 N–H and O–H groups in total. The first-order valence-corrected chi connectivity index (χ1v) is 9.73. The summed E-state index contributed by atoms with van der Waals surface area (Å²) in [6, 6.07) is 6.31. The normalized spacial score (nSPS) is 15.7. The van der Waals surface area contributed by atoms with Crippen molar-refractivity contribution in [3.8, 4) is 11.3 Å². The molecule has 136 valence electrons. The van der Waals surface area contributed by atoms with Crippen LogP contribution in [0.3, 0.4) is 0 Å². The van der Waals surface area contributed by atoms with Crippen molar-refractivity contribution >= 4 is 22.2 Å². The van der Waals surface area contributed by atoms with Crippen LogP contribution in [-0.2, 0) is 11.2 Å². The van der Waals surface area contributed by atoms with Crippen molar-refractivity contribution in [2.75, 3.05) is 32.7 Å². The fourth-order valence-corrected chi connectivity index (χ4v) is 4.17. The van der Waals surface area contributed by atoms with Gasteiger partial charge in [-0.3, -0.25) is 9.20 Å². The number of hydrogen-bond acceptors (Lipinski definition) is 4. The molecule has 1 saturated heterocycles. The number of nitrogens with zero attached hydrogens (tertiary/aromatic N) is 4. The minimum Gasteiger partial charge on any atom is -0.340 e. The molecular weight excluding hydrogens is 351 g/mol. The summed E-state index contributed by atoms with van der Waals surface area (Å²) in [6.45, 7) is 6.67. The smallest absolute Gasteiger partial charge is 0.228 e. The van der Waals surface area contributed by atoms with Crippen molar-refractivity contribution in [2.24, 2.45) is 0 Å². The summed E-state index contributed by atoms with van der Waals surface area (Å²) in [6.07, 6.45) is 2.31. The van der Waals surface area contributed by atoms with E-state index in [1.54, 1.807) is 12.1 Å². The molecule has 1 aromatic carbocycles. The monoisotopic (exact) mass is 372 g/mol. The molecule has 5 nitrogen and oxygen atoms in total. The second kappa shape index (κ2) is 7.17. The van der Waals surface area contributed by atoms with Crippen LogP contribution in [0.15, 0.2) is 35.8 Å². The summed E-state index contributed by atoms with van der Waals surface area (Å²) in [5.41, 5.74) is 2.62. The molecule has 1 aliphatic heterocycles. The number of piperazine rings is 1. The Morgan fingerprint density at radius 3 is 2.62 bits per heavy atom. The highest BCUT2D eigenvalue weighted by atomic mass is 32.1. The summed E-state index contributed by atoms with van der Waals surface area (Å²) in [5, 5.41) is 2.00. The highest BCUT2D eigenvalue weighted by Crippen LogP contribution is 2.24. The number of rotatable bonds is 4. The Morgan fingerprint density at radius 1 is 1.19 bits per heavy atom. The molecule has 0 bridgehead atoms. The Balaban J connectivity index is 1.50. The summed E-state index contributed by atoms with van der Waals surface area (Å²) < 4.78 is 15.1. The van der Waals surface area contributed by atoms with Crippen LogP contribution in [0.4, 0.5) is 4.39 Å². The molecule has 1 amide bonds. The number of carbonyl (C=O) groups is 1. The molecule has 0 atom stereocenters. The van der Waals surface area contributed by atoms with Crippen LogP contribution in [0.5, 0.6) is 0 Å². The number of fused-ring (bicyclic) bond motifs is 1. The molecule has 0 radical (unpaired) electrons. The largest absolute Gasteiger partial charge is 0.340 e. The Kier molecular flexibility index (Phi) is 4.74. The van der Waals surface area contributed by atoms with Crippen LogP contribution in [0.1, 0.15) is 12.6 Å². The van der Waals surface area contributed by atoms with E-state index in [1.165, 1.54) is 23.5 Å². The second-order valence-corrected chi connectivity index (χ2v) is 7.34. The summed E-state index contributed by atoms with van der Waals surface area (Å²) in [4.78, 5) is 22.4. The number of thiazole rings is 1. The van der Waals surface area contributed by atoms with Gasteiger partial charge in [0.25, 0.3) is 0 Å². The number of aromatic nitrogens is 2. The van der Waals surface area contributed by atoms with Crippen molar-refractivity contribution in [2.45, 2.75) is 13.3 Å². The third-order valence-electron chi connectivity index (χ3n) is 4.93. The molecule has 2 aromatic heterocycles. The zero-order valence-corrected chi connectivity index (χ0v) is 15.5. The standard InChI is InChI=1S/C19H21FN4OS/c1-2-22-7-9-23(10-8-22)18(25)11-16-13-26-19-21-17(12-24(16)19)14-3-5-15(20)6-4-14/h3-6,12-13H,2,7-11H2,1H3. The van der Waals surface area contributed by atoms with Gasteiger partial charge in [0.2, 0.25) is 5.91 Å². The average Bonchev–Trinajstić information content (AvgIpc) is 3.24. The highest BCUT2D eigenvalue weighted by molar-refractivity contribution is 7.15. The molecule has 0 spiro atoms. The van der Waals surface area contributed by atoms with E-state index in [4.69, 9.17) is 0 Å². The molecule has 3 heterocycles. The Bertz CT molecular complexity index is 909. The van der Waals surface area contributed by atoms with Crippen molar-refractivity contribution in [3.63, 3.8) is 0 Å². The van der Waals surface area contributed by atoms with E-state index in [2.05, 4.69) is 16.8 Å². The van der Waals surface area contributed by atoms with Crippen LogP contribution >= 0.6 is 11.3 Å². The third-order valence-corrected chi connectivity index (χ3v) is 5.82.